The van der Waals surface area contributed by atoms with Gasteiger partial charge in [-0.3, -0.25) is 4.79 Å². The van der Waals surface area contributed by atoms with E-state index < -0.39 is 11.4 Å². The molecule has 0 aliphatic carbocycles. The molecule has 6 heteroatoms. The van der Waals surface area contributed by atoms with Crippen molar-refractivity contribution in [2.45, 2.75) is 25.8 Å². The molecule has 0 bridgehead atoms. The highest BCUT2D eigenvalue weighted by Crippen LogP contribution is 2.31. The number of amides is 1. The monoisotopic (exact) mass is 295 g/mol. The maximum Gasteiger partial charge on any atom is 0.243 e. The number of methoxy groups -OCH3 is 1. The van der Waals surface area contributed by atoms with E-state index in [-0.39, 0.29) is 0 Å². The first-order valence-electron chi connectivity index (χ1n) is 6.34. The molecule has 2 N–H and O–H groups in total. The Morgan fingerprint density at radius 1 is 1.50 bits per heavy atom. The van der Waals surface area contributed by atoms with Crippen molar-refractivity contribution in [2.24, 2.45) is 5.73 Å². The number of alkyl halides is 1. The Kier molecular flexibility index (Phi) is 3.90. The van der Waals surface area contributed by atoms with Crippen molar-refractivity contribution in [3.05, 3.63) is 24.0 Å². The van der Waals surface area contributed by atoms with Crippen LogP contribution in [0.1, 0.15) is 19.7 Å². The molecular weight excluding hydrogens is 278 g/mol. The largest absolute Gasteiger partial charge is 0.494 e. The van der Waals surface area contributed by atoms with Crippen molar-refractivity contribution in [1.82, 2.24) is 9.55 Å². The van der Waals surface area contributed by atoms with E-state index in [0.29, 0.717) is 23.6 Å². The molecule has 1 aromatic heterocycles. The maximum atomic E-state index is 11.8. The van der Waals surface area contributed by atoms with E-state index in [0.717, 1.165) is 11.3 Å². The zero-order valence-corrected chi connectivity index (χ0v) is 12.6. The van der Waals surface area contributed by atoms with E-state index in [1.54, 1.807) is 21.0 Å². The van der Waals surface area contributed by atoms with E-state index >= 15 is 0 Å². The molecule has 0 fully saturated rings. The van der Waals surface area contributed by atoms with Crippen LogP contribution in [0.25, 0.3) is 11.0 Å². The summed E-state index contributed by atoms with van der Waals surface area (Å²) in [6.07, 6.45) is 0.552. The molecule has 1 aromatic carbocycles. The third-order valence-corrected chi connectivity index (χ3v) is 3.61. The number of ether oxygens (including phenoxy) is 1. The van der Waals surface area contributed by atoms with Gasteiger partial charge in [0.2, 0.25) is 5.91 Å². The average molecular weight is 296 g/mol. The molecule has 108 valence electrons. The van der Waals surface area contributed by atoms with Gasteiger partial charge in [0, 0.05) is 12.3 Å². The highest BCUT2D eigenvalue weighted by Gasteiger charge is 2.32. The second-order valence-corrected chi connectivity index (χ2v) is 5.43. The number of para-hydroxylation sites is 1. The lowest BCUT2D eigenvalue weighted by atomic mass is 10.0. The van der Waals surface area contributed by atoms with Gasteiger partial charge in [-0.2, -0.15) is 0 Å². The van der Waals surface area contributed by atoms with Crippen LogP contribution in [0.15, 0.2) is 18.2 Å². The van der Waals surface area contributed by atoms with E-state index in [1.165, 1.54) is 0 Å². The van der Waals surface area contributed by atoms with Crippen molar-refractivity contribution in [2.75, 3.05) is 13.0 Å². The topological polar surface area (TPSA) is 70.1 Å². The summed E-state index contributed by atoms with van der Waals surface area (Å²) < 4.78 is 7.16. The minimum atomic E-state index is -0.886. The molecule has 0 saturated carbocycles. The number of hydrogen-bond acceptors (Lipinski definition) is 3. The Morgan fingerprint density at radius 2 is 2.20 bits per heavy atom. The first-order valence-corrected chi connectivity index (χ1v) is 6.87. The van der Waals surface area contributed by atoms with Crippen LogP contribution in [0.4, 0.5) is 0 Å². The fourth-order valence-electron chi connectivity index (χ4n) is 2.27. The number of aryl methyl sites for hydroxylation is 1. The number of benzene rings is 1. The number of halogens is 1. The number of imidazole rings is 1. The lowest BCUT2D eigenvalue weighted by Crippen LogP contribution is -2.42. The quantitative estimate of drug-likeness (QED) is 0.858. The van der Waals surface area contributed by atoms with Crippen molar-refractivity contribution < 1.29 is 9.53 Å². The molecule has 0 spiro atoms. The first kappa shape index (κ1) is 14.7. The standard InChI is InChI=1S/C14H18ClN3O2/c1-14(2,13(16)19)18-9-5-4-6-10(20-3)12(9)17-11(18)7-8-15/h4-6H,7-8H2,1-3H3,(H2,16,19). The van der Waals surface area contributed by atoms with Gasteiger partial charge in [0.05, 0.1) is 12.6 Å². The molecule has 0 aliphatic rings. The fourth-order valence-corrected chi connectivity index (χ4v) is 2.44. The third kappa shape index (κ3) is 2.22. The van der Waals surface area contributed by atoms with Gasteiger partial charge >= 0.3 is 0 Å². The number of aromatic nitrogens is 2. The zero-order valence-electron chi connectivity index (χ0n) is 11.8. The van der Waals surface area contributed by atoms with Crippen LogP contribution in [0, 0.1) is 0 Å². The molecule has 5 nitrogen and oxygen atoms in total. The third-order valence-electron chi connectivity index (χ3n) is 3.42. The summed E-state index contributed by atoms with van der Waals surface area (Å²) in [7, 11) is 1.59. The Morgan fingerprint density at radius 3 is 2.75 bits per heavy atom. The second-order valence-electron chi connectivity index (χ2n) is 5.05. The van der Waals surface area contributed by atoms with E-state index in [1.807, 2.05) is 22.8 Å². The predicted octanol–water partition coefficient (Wildman–Crippen LogP) is 2.05. The molecule has 2 aromatic rings. The number of nitrogens with zero attached hydrogens (tertiary/aromatic N) is 2. The highest BCUT2D eigenvalue weighted by molar-refractivity contribution is 6.18. The summed E-state index contributed by atoms with van der Waals surface area (Å²) in [6.45, 7) is 3.54. The van der Waals surface area contributed by atoms with Crippen molar-refractivity contribution in [3.8, 4) is 5.75 Å². The van der Waals surface area contributed by atoms with Gasteiger partial charge in [0.1, 0.15) is 22.6 Å². The molecule has 0 aliphatic heterocycles. The van der Waals surface area contributed by atoms with Crippen molar-refractivity contribution >= 4 is 28.5 Å². The lowest BCUT2D eigenvalue weighted by Gasteiger charge is -2.25. The molecule has 0 atom stereocenters. The number of hydrogen-bond donors (Lipinski definition) is 1. The second kappa shape index (κ2) is 5.32. The van der Waals surface area contributed by atoms with Crippen molar-refractivity contribution in [3.63, 3.8) is 0 Å². The van der Waals surface area contributed by atoms with Gasteiger partial charge < -0.3 is 15.0 Å². The van der Waals surface area contributed by atoms with Crippen LogP contribution >= 0.6 is 11.6 Å². The van der Waals surface area contributed by atoms with Gasteiger partial charge in [-0.05, 0) is 26.0 Å². The number of carbonyl (C=O) groups excluding carboxylic acids is 1. The van der Waals surface area contributed by atoms with Gasteiger partial charge in [-0.1, -0.05) is 6.07 Å². The van der Waals surface area contributed by atoms with E-state index in [9.17, 15) is 4.79 Å². The van der Waals surface area contributed by atoms with Crippen LogP contribution < -0.4 is 10.5 Å². The summed E-state index contributed by atoms with van der Waals surface area (Å²) in [5.74, 6) is 1.39. The van der Waals surface area contributed by atoms with Gasteiger partial charge in [-0.25, -0.2) is 4.98 Å². The molecule has 0 unspecified atom stereocenters. The number of fused-ring (bicyclic) bond motifs is 1. The van der Waals surface area contributed by atoms with Crippen LogP contribution in [-0.4, -0.2) is 28.4 Å². The molecule has 0 radical (unpaired) electrons. The Balaban J connectivity index is 2.79. The number of primary amides is 1. The normalized spacial score (nSPS) is 11.8. The maximum absolute atomic E-state index is 11.8. The average Bonchev–Trinajstić information content (AvgIpc) is 2.77. The zero-order chi connectivity index (χ0) is 14.9. The summed E-state index contributed by atoms with van der Waals surface area (Å²) in [5.41, 5.74) is 6.18. The first-order chi connectivity index (χ1) is 9.43. The smallest absolute Gasteiger partial charge is 0.243 e. The van der Waals surface area contributed by atoms with Gasteiger partial charge in [0.15, 0.2) is 0 Å². The molecule has 0 saturated heterocycles. The van der Waals surface area contributed by atoms with Crippen LogP contribution in [0.5, 0.6) is 5.75 Å². The Hall–Kier alpha value is -1.75. The molecular formula is C14H18ClN3O2. The summed E-state index contributed by atoms with van der Waals surface area (Å²) in [4.78, 5) is 16.4. The summed E-state index contributed by atoms with van der Waals surface area (Å²) in [6, 6.07) is 5.59. The Bertz CT molecular complexity index is 649. The summed E-state index contributed by atoms with van der Waals surface area (Å²) >= 11 is 5.84. The minimum absolute atomic E-state index is 0.417. The molecule has 1 heterocycles. The SMILES string of the molecule is COc1cccc2c1nc(CCCl)n2C(C)(C)C(N)=O. The Labute approximate surface area is 122 Å². The lowest BCUT2D eigenvalue weighted by molar-refractivity contribution is -0.125. The van der Waals surface area contributed by atoms with E-state index in [2.05, 4.69) is 4.98 Å². The number of nitrogens with two attached hydrogens (primary N) is 1. The number of carbonyl (C=O) groups is 1. The van der Waals surface area contributed by atoms with E-state index in [4.69, 9.17) is 22.1 Å². The summed E-state index contributed by atoms with van der Waals surface area (Å²) in [5, 5.41) is 0. The van der Waals surface area contributed by atoms with Crippen LogP contribution in [-0.2, 0) is 16.8 Å². The van der Waals surface area contributed by atoms with Gasteiger partial charge in [-0.15, -0.1) is 11.6 Å². The predicted molar refractivity (Wildman–Crippen MR) is 79.2 cm³/mol. The fraction of sp³-hybridized carbons (Fsp3) is 0.429. The molecule has 2 rings (SSSR count). The molecule has 1 amide bonds. The van der Waals surface area contributed by atoms with Gasteiger partial charge in [0.25, 0.3) is 0 Å². The van der Waals surface area contributed by atoms with Crippen LogP contribution in [0.3, 0.4) is 0 Å². The van der Waals surface area contributed by atoms with Crippen LogP contribution in [0.2, 0.25) is 0 Å². The molecule has 20 heavy (non-hydrogen) atoms. The minimum Gasteiger partial charge on any atom is -0.494 e. The van der Waals surface area contributed by atoms with Crippen molar-refractivity contribution in [1.29, 1.82) is 0 Å². The number of rotatable bonds is 5. The highest BCUT2D eigenvalue weighted by atomic mass is 35.5.